The van der Waals surface area contributed by atoms with Crippen LogP contribution in [0.2, 0.25) is 0 Å². The molecule has 0 saturated heterocycles. The number of carbonyl (C=O) groups excluding carboxylic acids is 1. The molecule has 3 saturated carbocycles. The zero-order chi connectivity index (χ0) is 22.8. The highest BCUT2D eigenvalue weighted by atomic mass is 16.3. The Morgan fingerprint density at radius 2 is 1.87 bits per heavy atom. The fraction of sp³-hybridized carbons (Fsp3) is 0.828. The van der Waals surface area contributed by atoms with E-state index in [0.717, 1.165) is 32.1 Å². The molecule has 3 fully saturated rings. The summed E-state index contributed by atoms with van der Waals surface area (Å²) in [5.41, 5.74) is 2.63. The summed E-state index contributed by atoms with van der Waals surface area (Å²) in [5.74, 6) is 3.35. The fourth-order valence-corrected chi connectivity index (χ4v) is 8.88. The summed E-state index contributed by atoms with van der Waals surface area (Å²) in [6.07, 6.45) is 13.2. The van der Waals surface area contributed by atoms with Gasteiger partial charge in [0.1, 0.15) is 5.78 Å². The molecule has 0 amide bonds. The summed E-state index contributed by atoms with van der Waals surface area (Å²) in [6, 6.07) is 0. The van der Waals surface area contributed by atoms with E-state index >= 15 is 0 Å². The third-order valence-corrected chi connectivity index (χ3v) is 10.7. The molecule has 2 nitrogen and oxygen atoms in total. The van der Waals surface area contributed by atoms with Gasteiger partial charge in [-0.25, -0.2) is 0 Å². The Bertz CT molecular complexity index is 785. The number of hydrogen-bond acceptors (Lipinski definition) is 2. The van der Waals surface area contributed by atoms with Gasteiger partial charge in [-0.3, -0.25) is 4.79 Å². The van der Waals surface area contributed by atoms with Gasteiger partial charge in [0.15, 0.2) is 0 Å². The summed E-state index contributed by atoms with van der Waals surface area (Å²) in [4.78, 5) is 13.9. The van der Waals surface area contributed by atoms with Crippen molar-refractivity contribution in [2.45, 2.75) is 106 Å². The third kappa shape index (κ3) is 3.42. The Morgan fingerprint density at radius 3 is 2.55 bits per heavy atom. The van der Waals surface area contributed by atoms with Crippen LogP contribution in [0.3, 0.4) is 0 Å². The largest absolute Gasteiger partial charge is 0.392 e. The minimum absolute atomic E-state index is 0.0792. The molecule has 0 aromatic carbocycles. The zero-order valence-corrected chi connectivity index (χ0v) is 21.1. The maximum atomic E-state index is 13.9. The average molecular weight is 427 g/mol. The molecule has 1 N–H and O–H groups in total. The fourth-order valence-electron chi connectivity index (χ4n) is 8.88. The molecule has 2 heteroatoms. The van der Waals surface area contributed by atoms with E-state index in [-0.39, 0.29) is 22.3 Å². The van der Waals surface area contributed by atoms with Crippen molar-refractivity contribution in [3.63, 3.8) is 0 Å². The van der Waals surface area contributed by atoms with Crippen molar-refractivity contribution >= 4 is 5.78 Å². The van der Waals surface area contributed by atoms with Crippen LogP contribution >= 0.6 is 0 Å². The van der Waals surface area contributed by atoms with E-state index in [4.69, 9.17) is 0 Å². The lowest BCUT2D eigenvalue weighted by Crippen LogP contribution is -2.57. The van der Waals surface area contributed by atoms with Gasteiger partial charge in [0.05, 0.1) is 6.10 Å². The lowest BCUT2D eigenvalue weighted by molar-refractivity contribution is -0.149. The zero-order valence-electron chi connectivity index (χ0n) is 21.1. The number of allylic oxidation sites excluding steroid dienone is 3. The minimum atomic E-state index is -0.259. The monoisotopic (exact) mass is 426 g/mol. The molecular weight excluding hydrogens is 380 g/mol. The number of fused-ring (bicyclic) bond motifs is 5. The molecule has 0 unspecified atom stereocenters. The van der Waals surface area contributed by atoms with Crippen LogP contribution in [0.25, 0.3) is 0 Å². The Labute approximate surface area is 191 Å². The van der Waals surface area contributed by atoms with Gasteiger partial charge in [0.25, 0.3) is 0 Å². The van der Waals surface area contributed by atoms with Gasteiger partial charge in [0, 0.05) is 17.3 Å². The normalized spacial score (nSPS) is 44.6. The van der Waals surface area contributed by atoms with Gasteiger partial charge in [-0.1, -0.05) is 57.9 Å². The van der Waals surface area contributed by atoms with Crippen molar-refractivity contribution < 1.29 is 9.90 Å². The molecule has 0 aromatic heterocycles. The summed E-state index contributed by atoms with van der Waals surface area (Å²) in [6.45, 7) is 16.0. The van der Waals surface area contributed by atoms with Crippen LogP contribution in [0.5, 0.6) is 0 Å². The number of rotatable bonds is 4. The van der Waals surface area contributed by atoms with Crippen LogP contribution < -0.4 is 0 Å². The molecule has 0 spiro atoms. The quantitative estimate of drug-likeness (QED) is 0.486. The van der Waals surface area contributed by atoms with Crippen molar-refractivity contribution in [1.29, 1.82) is 0 Å². The van der Waals surface area contributed by atoms with E-state index in [1.54, 1.807) is 0 Å². The smallest absolute Gasteiger partial charge is 0.139 e. The van der Waals surface area contributed by atoms with Gasteiger partial charge >= 0.3 is 0 Å². The molecule has 174 valence electrons. The van der Waals surface area contributed by atoms with Gasteiger partial charge in [0.2, 0.25) is 0 Å². The summed E-state index contributed by atoms with van der Waals surface area (Å²) >= 11 is 0. The van der Waals surface area contributed by atoms with E-state index in [0.29, 0.717) is 35.4 Å². The van der Waals surface area contributed by atoms with E-state index in [9.17, 15) is 9.90 Å². The van der Waals surface area contributed by atoms with Crippen molar-refractivity contribution in [3.8, 4) is 0 Å². The van der Waals surface area contributed by atoms with Crippen LogP contribution in [-0.4, -0.2) is 17.0 Å². The standard InChI is InChI=1S/C29H46O2/c1-18(2)9-8-10-19(3)21-12-13-22-20-11-14-24-27(4,5)25(30)15-16-28(24,6)23(20)17-26(31)29(21,22)7/h9,14,19-23,25,30H,8,10-13,15-17H2,1-7H3/t19-,20+,21-,22+,23+,25+,28-,29-/m1/s1. The predicted octanol–water partition coefficient (Wildman–Crippen LogP) is 7.12. The maximum Gasteiger partial charge on any atom is 0.139 e. The molecule has 8 atom stereocenters. The third-order valence-electron chi connectivity index (χ3n) is 10.7. The van der Waals surface area contributed by atoms with Crippen LogP contribution in [-0.2, 0) is 4.79 Å². The Hall–Kier alpha value is -0.890. The van der Waals surface area contributed by atoms with E-state index in [1.807, 2.05) is 0 Å². The first-order chi connectivity index (χ1) is 14.4. The average Bonchev–Trinajstić information content (AvgIpc) is 3.05. The van der Waals surface area contributed by atoms with E-state index in [2.05, 4.69) is 60.6 Å². The molecule has 31 heavy (non-hydrogen) atoms. The molecular formula is C29H46O2. The molecule has 4 rings (SSSR count). The van der Waals surface area contributed by atoms with Crippen molar-refractivity contribution in [2.24, 2.45) is 45.8 Å². The first-order valence-electron chi connectivity index (χ1n) is 13.0. The predicted molar refractivity (Wildman–Crippen MR) is 129 cm³/mol. The molecule has 4 aliphatic carbocycles. The number of ketones is 1. The second kappa shape index (κ2) is 7.86. The number of carbonyl (C=O) groups is 1. The molecule has 0 heterocycles. The molecule has 0 aliphatic heterocycles. The van der Waals surface area contributed by atoms with Gasteiger partial charge in [-0.05, 0) is 93.8 Å². The van der Waals surface area contributed by atoms with Crippen LogP contribution in [0.1, 0.15) is 99.8 Å². The second-order valence-electron chi connectivity index (χ2n) is 12.9. The van der Waals surface area contributed by atoms with Crippen LogP contribution in [0.15, 0.2) is 23.3 Å². The summed E-state index contributed by atoms with van der Waals surface area (Å²) < 4.78 is 0. The van der Waals surface area contributed by atoms with Gasteiger partial charge in [-0.2, -0.15) is 0 Å². The first-order valence-corrected chi connectivity index (χ1v) is 13.0. The maximum absolute atomic E-state index is 13.9. The number of aliphatic hydroxyl groups is 1. The van der Waals surface area contributed by atoms with E-state index in [1.165, 1.54) is 30.4 Å². The highest BCUT2D eigenvalue weighted by molar-refractivity contribution is 5.87. The Morgan fingerprint density at radius 1 is 1.16 bits per heavy atom. The van der Waals surface area contributed by atoms with E-state index < -0.39 is 0 Å². The minimum Gasteiger partial charge on any atom is -0.392 e. The molecule has 0 bridgehead atoms. The second-order valence-corrected chi connectivity index (χ2v) is 12.9. The first kappa shape index (κ1) is 23.3. The SMILES string of the molecule is CC(C)=CCC[C@@H](C)[C@H]1CC[C@H]2[C@@H]3CC=C4C(C)(C)[C@@H](O)CC[C@]4(C)[C@H]3CC(=O)[C@]12C. The van der Waals surface area contributed by atoms with Crippen LogP contribution in [0, 0.1) is 45.8 Å². The topological polar surface area (TPSA) is 37.3 Å². The van der Waals surface area contributed by atoms with Gasteiger partial charge < -0.3 is 5.11 Å². The Kier molecular flexibility index (Phi) is 5.90. The number of hydrogen-bond donors (Lipinski definition) is 1. The highest BCUT2D eigenvalue weighted by Crippen LogP contribution is 2.68. The Balaban J connectivity index is 1.62. The molecule has 0 radical (unpaired) electrons. The molecule has 0 aromatic rings. The van der Waals surface area contributed by atoms with Crippen molar-refractivity contribution in [3.05, 3.63) is 23.3 Å². The lowest BCUT2D eigenvalue weighted by Gasteiger charge is -2.60. The van der Waals surface area contributed by atoms with Crippen molar-refractivity contribution in [2.75, 3.05) is 0 Å². The number of aliphatic hydroxyl groups excluding tert-OH is 1. The summed E-state index contributed by atoms with van der Waals surface area (Å²) in [5, 5.41) is 10.7. The van der Waals surface area contributed by atoms with Gasteiger partial charge in [-0.15, -0.1) is 0 Å². The van der Waals surface area contributed by atoms with Crippen molar-refractivity contribution in [1.82, 2.24) is 0 Å². The molecule has 4 aliphatic rings. The lowest BCUT2D eigenvalue weighted by atomic mass is 9.44. The number of Topliss-reactive ketones (excluding diaryl/α,β-unsaturated/α-hetero) is 1. The van der Waals surface area contributed by atoms with Crippen LogP contribution in [0.4, 0.5) is 0 Å². The summed E-state index contributed by atoms with van der Waals surface area (Å²) in [7, 11) is 0. The highest BCUT2D eigenvalue weighted by Gasteiger charge is 2.64.